The van der Waals surface area contributed by atoms with Crippen molar-refractivity contribution in [3.8, 4) is 0 Å². The van der Waals surface area contributed by atoms with Gasteiger partial charge in [0.15, 0.2) is 5.82 Å². The van der Waals surface area contributed by atoms with Crippen molar-refractivity contribution in [1.29, 1.82) is 0 Å². The summed E-state index contributed by atoms with van der Waals surface area (Å²) in [5, 5.41) is 15.0. The maximum atomic E-state index is 12.4. The van der Waals surface area contributed by atoms with Crippen LogP contribution in [0.2, 0.25) is 0 Å². The first-order chi connectivity index (χ1) is 13.2. The van der Waals surface area contributed by atoms with Crippen LogP contribution in [0.3, 0.4) is 0 Å². The van der Waals surface area contributed by atoms with Gasteiger partial charge in [-0.1, -0.05) is 36.4 Å². The summed E-state index contributed by atoms with van der Waals surface area (Å²) >= 11 is 0. The highest BCUT2D eigenvalue weighted by atomic mass is 16.1. The number of carbonyl (C=O) groups excluding carboxylic acids is 1. The van der Waals surface area contributed by atoms with E-state index >= 15 is 0 Å². The average molecular weight is 361 g/mol. The van der Waals surface area contributed by atoms with Gasteiger partial charge in [0.25, 0.3) is 11.5 Å². The number of fused-ring (bicyclic) bond motifs is 2. The average Bonchev–Trinajstić information content (AvgIpc) is 3.14. The number of H-pyrrole nitrogens is 2. The van der Waals surface area contributed by atoms with Crippen molar-refractivity contribution in [3.05, 3.63) is 70.6 Å². The van der Waals surface area contributed by atoms with E-state index in [1.807, 2.05) is 42.5 Å². The van der Waals surface area contributed by atoms with Crippen molar-refractivity contribution in [3.63, 3.8) is 0 Å². The normalized spacial score (nSPS) is 11.0. The summed E-state index contributed by atoms with van der Waals surface area (Å²) in [6.07, 6.45) is 2.46. The first kappa shape index (κ1) is 16.8. The standard InChI is InChI=1S/C20H19N5O2/c26-19(16-12-23-17-9-4-3-6-13(16)17)22-11-5-10-21-18-14-7-1-2-8-15(14)20(27)25-24-18/h1-4,6-9,12,23H,5,10-11H2,(H,21,24)(H,22,26)(H,25,27). The van der Waals surface area contributed by atoms with E-state index in [2.05, 4.69) is 25.8 Å². The summed E-state index contributed by atoms with van der Waals surface area (Å²) in [5.41, 5.74) is 1.38. The number of nitrogens with one attached hydrogen (secondary N) is 4. The molecule has 0 saturated carbocycles. The van der Waals surface area contributed by atoms with Gasteiger partial charge < -0.3 is 15.6 Å². The lowest BCUT2D eigenvalue weighted by atomic mass is 10.1. The smallest absolute Gasteiger partial charge is 0.272 e. The van der Waals surface area contributed by atoms with E-state index in [1.54, 1.807) is 12.3 Å². The Labute approximate surface area is 154 Å². The molecule has 2 heterocycles. The fourth-order valence-corrected chi connectivity index (χ4v) is 3.10. The summed E-state index contributed by atoms with van der Waals surface area (Å²) in [7, 11) is 0. The van der Waals surface area contributed by atoms with Crippen molar-refractivity contribution >= 4 is 33.4 Å². The fraction of sp³-hybridized carbons (Fsp3) is 0.150. The molecule has 0 saturated heterocycles. The van der Waals surface area contributed by atoms with Crippen molar-refractivity contribution in [2.24, 2.45) is 0 Å². The van der Waals surface area contributed by atoms with Crippen molar-refractivity contribution in [2.75, 3.05) is 18.4 Å². The van der Waals surface area contributed by atoms with E-state index in [0.29, 0.717) is 29.9 Å². The van der Waals surface area contributed by atoms with Crippen LogP contribution in [0.1, 0.15) is 16.8 Å². The Morgan fingerprint density at radius 1 is 0.963 bits per heavy atom. The number of anilines is 1. The number of rotatable bonds is 6. The number of para-hydroxylation sites is 1. The summed E-state index contributed by atoms with van der Waals surface area (Å²) in [4.78, 5) is 27.3. The first-order valence-corrected chi connectivity index (χ1v) is 8.79. The molecule has 7 heteroatoms. The summed E-state index contributed by atoms with van der Waals surface area (Å²) < 4.78 is 0. The fourth-order valence-electron chi connectivity index (χ4n) is 3.10. The Hall–Kier alpha value is -3.61. The molecular weight excluding hydrogens is 342 g/mol. The maximum absolute atomic E-state index is 12.4. The molecule has 0 atom stereocenters. The van der Waals surface area contributed by atoms with Crippen LogP contribution in [-0.2, 0) is 0 Å². The monoisotopic (exact) mass is 361 g/mol. The number of hydrogen-bond acceptors (Lipinski definition) is 4. The third-order valence-electron chi connectivity index (χ3n) is 4.46. The third kappa shape index (κ3) is 3.39. The molecule has 4 aromatic rings. The molecule has 4 N–H and O–H groups in total. The quantitative estimate of drug-likeness (QED) is 0.396. The SMILES string of the molecule is O=C(NCCCNc1n[nH]c(=O)c2ccccc12)c1c[nH]c2ccccc12. The summed E-state index contributed by atoms with van der Waals surface area (Å²) in [6.45, 7) is 1.16. The largest absolute Gasteiger partial charge is 0.368 e. The van der Waals surface area contributed by atoms with E-state index in [-0.39, 0.29) is 11.5 Å². The van der Waals surface area contributed by atoms with Gasteiger partial charge in [-0.3, -0.25) is 9.59 Å². The number of benzene rings is 2. The lowest BCUT2D eigenvalue weighted by Crippen LogP contribution is -2.25. The van der Waals surface area contributed by atoms with Crippen molar-refractivity contribution < 1.29 is 4.79 Å². The van der Waals surface area contributed by atoms with E-state index in [4.69, 9.17) is 0 Å². The van der Waals surface area contributed by atoms with Crippen molar-refractivity contribution in [1.82, 2.24) is 20.5 Å². The topological polar surface area (TPSA) is 103 Å². The molecule has 136 valence electrons. The lowest BCUT2D eigenvalue weighted by Gasteiger charge is -2.08. The number of aromatic nitrogens is 3. The van der Waals surface area contributed by atoms with Gasteiger partial charge in [-0.25, -0.2) is 5.10 Å². The Bertz CT molecular complexity index is 1160. The predicted molar refractivity (Wildman–Crippen MR) is 106 cm³/mol. The summed E-state index contributed by atoms with van der Waals surface area (Å²) in [6, 6.07) is 15.0. The van der Waals surface area contributed by atoms with Gasteiger partial charge in [-0.05, 0) is 18.6 Å². The number of nitrogens with zero attached hydrogens (tertiary/aromatic N) is 1. The minimum atomic E-state index is -0.206. The second-order valence-electron chi connectivity index (χ2n) is 6.23. The highest BCUT2D eigenvalue weighted by Crippen LogP contribution is 2.18. The van der Waals surface area contributed by atoms with Gasteiger partial charge in [0.2, 0.25) is 0 Å². The predicted octanol–water partition coefficient (Wildman–Crippen LogP) is 2.64. The Morgan fingerprint density at radius 3 is 2.56 bits per heavy atom. The minimum Gasteiger partial charge on any atom is -0.368 e. The van der Waals surface area contributed by atoms with Crippen LogP contribution in [0.15, 0.2) is 59.5 Å². The molecule has 27 heavy (non-hydrogen) atoms. The second-order valence-corrected chi connectivity index (χ2v) is 6.23. The van der Waals surface area contributed by atoms with Crippen molar-refractivity contribution in [2.45, 2.75) is 6.42 Å². The van der Waals surface area contributed by atoms with Crippen LogP contribution < -0.4 is 16.2 Å². The zero-order valence-corrected chi connectivity index (χ0v) is 14.6. The van der Waals surface area contributed by atoms with Crippen LogP contribution >= 0.6 is 0 Å². The Balaban J connectivity index is 1.33. The second kappa shape index (κ2) is 7.33. The molecule has 0 aliphatic rings. The van der Waals surface area contributed by atoms with E-state index in [0.717, 1.165) is 22.7 Å². The number of amides is 1. The van der Waals surface area contributed by atoms with Gasteiger partial charge in [0, 0.05) is 35.6 Å². The van der Waals surface area contributed by atoms with E-state index < -0.39 is 0 Å². The molecule has 0 bridgehead atoms. The molecule has 2 aromatic heterocycles. The maximum Gasteiger partial charge on any atom is 0.272 e. The van der Waals surface area contributed by atoms with Gasteiger partial charge in [0.05, 0.1) is 10.9 Å². The molecule has 0 aliphatic carbocycles. The molecule has 0 radical (unpaired) electrons. The molecule has 0 aliphatic heterocycles. The van der Waals surface area contributed by atoms with Gasteiger partial charge in [-0.15, -0.1) is 0 Å². The molecule has 0 spiro atoms. The number of carbonyl (C=O) groups is 1. The molecule has 0 unspecified atom stereocenters. The van der Waals surface area contributed by atoms with Gasteiger partial charge in [0.1, 0.15) is 0 Å². The minimum absolute atomic E-state index is 0.0972. The zero-order valence-electron chi connectivity index (χ0n) is 14.6. The summed E-state index contributed by atoms with van der Waals surface area (Å²) in [5.74, 6) is 0.535. The van der Waals surface area contributed by atoms with Crippen LogP contribution in [-0.4, -0.2) is 34.2 Å². The molecule has 7 nitrogen and oxygen atoms in total. The van der Waals surface area contributed by atoms with Gasteiger partial charge in [-0.2, -0.15) is 5.10 Å². The Kier molecular flexibility index (Phi) is 4.57. The Morgan fingerprint density at radius 2 is 1.70 bits per heavy atom. The molecular formula is C20H19N5O2. The molecule has 4 rings (SSSR count). The molecule has 0 fully saturated rings. The van der Waals surface area contributed by atoms with Crippen LogP contribution in [0.5, 0.6) is 0 Å². The van der Waals surface area contributed by atoms with E-state index in [9.17, 15) is 9.59 Å². The highest BCUT2D eigenvalue weighted by molar-refractivity contribution is 6.06. The number of aromatic amines is 2. The molecule has 2 aromatic carbocycles. The van der Waals surface area contributed by atoms with Crippen LogP contribution in [0.4, 0.5) is 5.82 Å². The lowest BCUT2D eigenvalue weighted by molar-refractivity contribution is 0.0955. The van der Waals surface area contributed by atoms with E-state index in [1.165, 1.54) is 0 Å². The third-order valence-corrected chi connectivity index (χ3v) is 4.46. The van der Waals surface area contributed by atoms with Crippen LogP contribution in [0, 0.1) is 0 Å². The molecule has 1 amide bonds. The van der Waals surface area contributed by atoms with Crippen LogP contribution in [0.25, 0.3) is 21.7 Å². The first-order valence-electron chi connectivity index (χ1n) is 8.79. The van der Waals surface area contributed by atoms with Gasteiger partial charge >= 0.3 is 0 Å². The highest BCUT2D eigenvalue weighted by Gasteiger charge is 2.11. The number of hydrogen-bond donors (Lipinski definition) is 4. The zero-order chi connectivity index (χ0) is 18.6.